The van der Waals surface area contributed by atoms with E-state index in [2.05, 4.69) is 6.92 Å². The van der Waals surface area contributed by atoms with Crippen molar-refractivity contribution < 1.29 is 14.8 Å². The zero-order chi connectivity index (χ0) is 12.0. The number of unbranched alkanes of at least 4 members (excludes halogenated alkanes) is 4. The maximum atomic E-state index is 11.3. The van der Waals surface area contributed by atoms with Crippen molar-refractivity contribution in [3.05, 3.63) is 12.2 Å². The second-order valence-electron chi connectivity index (χ2n) is 4.13. The summed E-state index contributed by atoms with van der Waals surface area (Å²) < 4.78 is 0. The van der Waals surface area contributed by atoms with E-state index < -0.39 is 17.7 Å². The van der Waals surface area contributed by atoms with Crippen LogP contribution in [0.2, 0.25) is 0 Å². The summed E-state index contributed by atoms with van der Waals surface area (Å²) in [6.45, 7) is 2.16. The highest BCUT2D eigenvalue weighted by Crippen LogP contribution is 2.19. The Morgan fingerprint density at radius 1 is 1.38 bits per heavy atom. The van der Waals surface area contributed by atoms with Gasteiger partial charge in [0, 0.05) is 6.42 Å². The maximum Gasteiger partial charge on any atom is 0.260 e. The van der Waals surface area contributed by atoms with E-state index in [-0.39, 0.29) is 11.5 Å². The molecule has 0 saturated carbocycles. The van der Waals surface area contributed by atoms with Gasteiger partial charge in [-0.05, 0) is 12.8 Å². The van der Waals surface area contributed by atoms with Gasteiger partial charge in [0.05, 0.1) is 5.92 Å². The first kappa shape index (κ1) is 12.9. The van der Waals surface area contributed by atoms with Crippen LogP contribution in [0, 0.1) is 5.92 Å². The highest BCUT2D eigenvalue weighted by Gasteiger charge is 2.36. The van der Waals surface area contributed by atoms with Gasteiger partial charge in [0.1, 0.15) is 0 Å². The van der Waals surface area contributed by atoms with Gasteiger partial charge < -0.3 is 0 Å². The molecule has 16 heavy (non-hydrogen) atoms. The molecule has 1 atom stereocenters. The van der Waals surface area contributed by atoms with E-state index in [1.54, 1.807) is 6.08 Å². The van der Waals surface area contributed by atoms with Gasteiger partial charge in [0.2, 0.25) is 0 Å². The molecule has 1 saturated heterocycles. The van der Waals surface area contributed by atoms with E-state index in [1.165, 1.54) is 19.3 Å². The molecule has 1 rings (SSSR count). The van der Waals surface area contributed by atoms with Crippen LogP contribution >= 0.6 is 0 Å². The minimum atomic E-state index is -0.509. The van der Waals surface area contributed by atoms with Crippen molar-refractivity contribution in [3.63, 3.8) is 0 Å². The molecule has 1 N–H and O–H groups in total. The summed E-state index contributed by atoms with van der Waals surface area (Å²) in [5.41, 5.74) is 0. The first-order chi connectivity index (χ1) is 7.66. The molecule has 1 heterocycles. The fourth-order valence-corrected chi connectivity index (χ4v) is 1.74. The Balaban J connectivity index is 2.24. The number of hydrogen-bond acceptors (Lipinski definition) is 3. The number of allylic oxidation sites excluding steroid dienone is 1. The monoisotopic (exact) mass is 225 g/mol. The predicted molar refractivity (Wildman–Crippen MR) is 59.6 cm³/mol. The average Bonchev–Trinajstić information content (AvgIpc) is 2.51. The van der Waals surface area contributed by atoms with Gasteiger partial charge in [-0.3, -0.25) is 14.8 Å². The lowest BCUT2D eigenvalue weighted by Gasteiger charge is -2.02. The van der Waals surface area contributed by atoms with Gasteiger partial charge in [0.25, 0.3) is 11.8 Å². The van der Waals surface area contributed by atoms with E-state index in [9.17, 15) is 9.59 Å². The number of amides is 2. The Hall–Kier alpha value is -1.16. The van der Waals surface area contributed by atoms with Crippen molar-refractivity contribution in [1.29, 1.82) is 0 Å². The number of carbonyl (C=O) groups excluding carboxylic acids is 2. The van der Waals surface area contributed by atoms with Crippen LogP contribution in [0.1, 0.15) is 45.4 Å². The molecule has 0 radical (unpaired) electrons. The molecular formula is C12H19NO3. The van der Waals surface area contributed by atoms with Crippen LogP contribution in [-0.4, -0.2) is 22.1 Å². The molecule has 1 fully saturated rings. The van der Waals surface area contributed by atoms with Gasteiger partial charge >= 0.3 is 0 Å². The van der Waals surface area contributed by atoms with Gasteiger partial charge in [0.15, 0.2) is 0 Å². The third kappa shape index (κ3) is 3.45. The quantitative estimate of drug-likeness (QED) is 0.326. The molecule has 1 aliphatic rings. The Bertz CT molecular complexity index is 286. The molecule has 0 aromatic heterocycles. The summed E-state index contributed by atoms with van der Waals surface area (Å²) in [4.78, 5) is 22.3. The number of hydroxylamine groups is 2. The summed E-state index contributed by atoms with van der Waals surface area (Å²) in [6, 6.07) is 0. The molecular weight excluding hydrogens is 206 g/mol. The van der Waals surface area contributed by atoms with Crippen LogP contribution in [0.15, 0.2) is 12.2 Å². The van der Waals surface area contributed by atoms with Gasteiger partial charge in [-0.1, -0.05) is 38.3 Å². The second kappa shape index (κ2) is 6.43. The zero-order valence-corrected chi connectivity index (χ0v) is 9.69. The van der Waals surface area contributed by atoms with Crippen molar-refractivity contribution in [2.45, 2.75) is 45.4 Å². The number of hydrogen-bond donors (Lipinski definition) is 1. The van der Waals surface area contributed by atoms with Crippen molar-refractivity contribution in [2.24, 2.45) is 5.92 Å². The molecule has 1 unspecified atom stereocenters. The molecule has 4 nitrogen and oxygen atoms in total. The minimum Gasteiger partial charge on any atom is -0.278 e. The molecule has 1 aliphatic heterocycles. The van der Waals surface area contributed by atoms with E-state index in [4.69, 9.17) is 5.21 Å². The van der Waals surface area contributed by atoms with Crippen LogP contribution in [-0.2, 0) is 9.59 Å². The molecule has 4 heteroatoms. The SMILES string of the molecule is CCCCCCC=CC1CC(=O)N(O)C1=O. The van der Waals surface area contributed by atoms with Gasteiger partial charge in [-0.25, -0.2) is 0 Å². The highest BCUT2D eigenvalue weighted by molar-refractivity contribution is 6.02. The van der Waals surface area contributed by atoms with E-state index in [0.717, 1.165) is 12.8 Å². The lowest BCUT2D eigenvalue weighted by atomic mass is 10.1. The van der Waals surface area contributed by atoms with Crippen molar-refractivity contribution in [3.8, 4) is 0 Å². The number of rotatable bonds is 6. The first-order valence-electron chi connectivity index (χ1n) is 5.89. The molecule has 90 valence electrons. The van der Waals surface area contributed by atoms with Crippen LogP contribution in [0.4, 0.5) is 0 Å². The zero-order valence-electron chi connectivity index (χ0n) is 9.69. The maximum absolute atomic E-state index is 11.3. The summed E-state index contributed by atoms with van der Waals surface area (Å²) in [6.07, 6.45) is 9.46. The molecule has 0 spiro atoms. The standard InChI is InChI=1S/C12H19NO3/c1-2-3-4-5-6-7-8-10-9-11(14)13(16)12(10)15/h7-8,10,16H,2-6,9H2,1H3. The van der Waals surface area contributed by atoms with E-state index >= 15 is 0 Å². The fraction of sp³-hybridized carbons (Fsp3) is 0.667. The molecule has 0 bridgehead atoms. The summed E-state index contributed by atoms with van der Waals surface area (Å²) in [5, 5.41) is 9.24. The summed E-state index contributed by atoms with van der Waals surface area (Å²) >= 11 is 0. The minimum absolute atomic E-state index is 0.0980. The number of imide groups is 1. The Labute approximate surface area is 95.9 Å². The normalized spacial score (nSPS) is 21.4. The van der Waals surface area contributed by atoms with Gasteiger partial charge in [-0.2, -0.15) is 5.06 Å². The van der Waals surface area contributed by atoms with Crippen LogP contribution in [0.3, 0.4) is 0 Å². The van der Waals surface area contributed by atoms with Crippen LogP contribution in [0.5, 0.6) is 0 Å². The first-order valence-corrected chi connectivity index (χ1v) is 5.89. The summed E-state index contributed by atoms with van der Waals surface area (Å²) in [7, 11) is 0. The Kier molecular flexibility index (Phi) is 5.19. The van der Waals surface area contributed by atoms with Gasteiger partial charge in [-0.15, -0.1) is 0 Å². The predicted octanol–water partition coefficient (Wildman–Crippen LogP) is 2.28. The Morgan fingerprint density at radius 2 is 2.12 bits per heavy atom. The smallest absolute Gasteiger partial charge is 0.260 e. The highest BCUT2D eigenvalue weighted by atomic mass is 16.5. The number of carbonyl (C=O) groups is 2. The average molecular weight is 225 g/mol. The Morgan fingerprint density at radius 3 is 2.69 bits per heavy atom. The largest absolute Gasteiger partial charge is 0.278 e. The third-order valence-electron chi connectivity index (χ3n) is 2.75. The van der Waals surface area contributed by atoms with Crippen molar-refractivity contribution in [1.82, 2.24) is 5.06 Å². The third-order valence-corrected chi connectivity index (χ3v) is 2.75. The lowest BCUT2D eigenvalue weighted by Crippen LogP contribution is -2.26. The van der Waals surface area contributed by atoms with Crippen molar-refractivity contribution in [2.75, 3.05) is 0 Å². The van der Waals surface area contributed by atoms with Crippen molar-refractivity contribution >= 4 is 11.8 Å². The molecule has 0 aliphatic carbocycles. The molecule has 0 aromatic carbocycles. The topological polar surface area (TPSA) is 57.6 Å². The van der Waals surface area contributed by atoms with E-state index in [0.29, 0.717) is 0 Å². The van der Waals surface area contributed by atoms with Crippen LogP contribution < -0.4 is 0 Å². The summed E-state index contributed by atoms with van der Waals surface area (Å²) in [5.74, 6) is -1.47. The van der Waals surface area contributed by atoms with E-state index in [1.807, 2.05) is 6.08 Å². The van der Waals surface area contributed by atoms with Crippen LogP contribution in [0.25, 0.3) is 0 Å². The fourth-order valence-electron chi connectivity index (χ4n) is 1.74. The molecule has 0 aromatic rings. The lowest BCUT2D eigenvalue weighted by molar-refractivity contribution is -0.171. The second-order valence-corrected chi connectivity index (χ2v) is 4.13. The molecule has 2 amide bonds. The number of nitrogens with zero attached hydrogens (tertiary/aromatic N) is 1.